The summed E-state index contributed by atoms with van der Waals surface area (Å²) < 4.78 is 30.9. The number of carbonyl (C=O) groups is 2. The van der Waals surface area contributed by atoms with Crippen molar-refractivity contribution in [3.63, 3.8) is 0 Å². The van der Waals surface area contributed by atoms with E-state index in [0.717, 1.165) is 0 Å². The number of benzene rings is 3. The minimum absolute atomic E-state index is 0.120. The van der Waals surface area contributed by atoms with Gasteiger partial charge in [-0.05, 0) is 72.8 Å². The summed E-state index contributed by atoms with van der Waals surface area (Å²) in [5, 5.41) is 2.89. The van der Waals surface area contributed by atoms with E-state index in [4.69, 9.17) is 13.9 Å². The van der Waals surface area contributed by atoms with Crippen molar-refractivity contribution in [2.45, 2.75) is 12.0 Å². The van der Waals surface area contributed by atoms with Crippen LogP contribution in [0, 0.1) is 5.82 Å². The Morgan fingerprint density at radius 2 is 1.56 bits per heavy atom. The number of anilines is 2. The number of rotatable bonds is 7. The van der Waals surface area contributed by atoms with Gasteiger partial charge in [0.15, 0.2) is 5.54 Å². The van der Waals surface area contributed by atoms with Gasteiger partial charge < -0.3 is 19.2 Å². The fraction of sp³-hybridized carbons (Fsp3) is 0.143. The molecule has 5 rings (SSSR count). The quantitative estimate of drug-likeness (QED) is 0.355. The topological polar surface area (TPSA) is 81.0 Å². The van der Waals surface area contributed by atoms with Crippen LogP contribution in [-0.4, -0.2) is 26.0 Å². The number of ether oxygens (including phenoxy) is 2. The molecule has 0 aliphatic carbocycles. The van der Waals surface area contributed by atoms with Gasteiger partial charge in [0.25, 0.3) is 5.91 Å². The molecule has 2 heterocycles. The summed E-state index contributed by atoms with van der Waals surface area (Å²) in [6, 6.07) is 23.1. The lowest BCUT2D eigenvalue weighted by Crippen LogP contribution is -2.67. The number of hydrogen-bond acceptors (Lipinski definition) is 5. The second-order valence-electron chi connectivity index (χ2n) is 8.29. The average Bonchev–Trinajstić information content (AvgIpc) is 3.38. The van der Waals surface area contributed by atoms with Crippen LogP contribution in [0.2, 0.25) is 0 Å². The van der Waals surface area contributed by atoms with Gasteiger partial charge in [-0.2, -0.15) is 0 Å². The summed E-state index contributed by atoms with van der Waals surface area (Å²) >= 11 is 0. The summed E-state index contributed by atoms with van der Waals surface area (Å²) in [5.74, 6) is 0.566. The predicted octanol–water partition coefficient (Wildman–Crippen LogP) is 5.37. The average molecular weight is 486 g/mol. The van der Waals surface area contributed by atoms with Crippen LogP contribution in [0.3, 0.4) is 0 Å². The van der Waals surface area contributed by atoms with Crippen LogP contribution < -0.4 is 19.7 Å². The predicted molar refractivity (Wildman–Crippen MR) is 133 cm³/mol. The number of furan rings is 1. The van der Waals surface area contributed by atoms with E-state index in [1.54, 1.807) is 93.1 Å². The highest BCUT2D eigenvalue weighted by Gasteiger charge is 2.60. The Kier molecular flexibility index (Phi) is 5.93. The maximum Gasteiger partial charge on any atom is 0.259 e. The summed E-state index contributed by atoms with van der Waals surface area (Å²) in [7, 11) is 3.10. The van der Waals surface area contributed by atoms with E-state index in [-0.39, 0.29) is 29.4 Å². The molecular weight excluding hydrogens is 463 g/mol. The Labute approximate surface area is 207 Å². The highest BCUT2D eigenvalue weighted by Crippen LogP contribution is 2.47. The van der Waals surface area contributed by atoms with E-state index in [2.05, 4.69) is 5.32 Å². The normalized spacial score (nSPS) is 16.9. The fourth-order valence-electron chi connectivity index (χ4n) is 4.36. The SMILES string of the molecule is COc1ccc(NC(=O)C2(c3ccc(-c4ccccc4F)o3)CC(=O)N2c2ccc(OC)cc2)cc1. The molecule has 3 aromatic carbocycles. The standard InChI is InChI=1S/C28H23FN2O5/c1-34-20-11-7-18(8-12-20)30-27(33)28(17-26(32)31(28)19-9-13-21(35-2)14-10-19)25-16-15-24(36-25)22-5-3-4-6-23(22)29/h3-16H,17H2,1-2H3,(H,30,33). The third kappa shape index (κ3) is 3.86. The molecule has 1 aliphatic heterocycles. The summed E-state index contributed by atoms with van der Waals surface area (Å²) in [4.78, 5) is 28.2. The molecule has 36 heavy (non-hydrogen) atoms. The number of hydrogen-bond donors (Lipinski definition) is 1. The van der Waals surface area contributed by atoms with E-state index in [9.17, 15) is 14.0 Å². The largest absolute Gasteiger partial charge is 0.497 e. The number of nitrogens with one attached hydrogen (secondary N) is 1. The van der Waals surface area contributed by atoms with Gasteiger partial charge in [0.05, 0.1) is 26.2 Å². The molecule has 0 bridgehead atoms. The van der Waals surface area contributed by atoms with Crippen LogP contribution in [0.15, 0.2) is 89.3 Å². The van der Waals surface area contributed by atoms with E-state index >= 15 is 0 Å². The van der Waals surface area contributed by atoms with Crippen LogP contribution in [-0.2, 0) is 15.1 Å². The molecule has 1 fully saturated rings. The number of halogens is 1. The lowest BCUT2D eigenvalue weighted by Gasteiger charge is -2.49. The Morgan fingerprint density at radius 1 is 0.917 bits per heavy atom. The zero-order valence-electron chi connectivity index (χ0n) is 19.7. The number of β-lactam (4-membered cyclic amide) rings is 1. The minimum Gasteiger partial charge on any atom is -0.497 e. The van der Waals surface area contributed by atoms with Crippen molar-refractivity contribution in [1.29, 1.82) is 0 Å². The molecule has 2 amide bonds. The van der Waals surface area contributed by atoms with Crippen molar-refractivity contribution in [2.75, 3.05) is 24.4 Å². The van der Waals surface area contributed by atoms with Gasteiger partial charge >= 0.3 is 0 Å². The van der Waals surface area contributed by atoms with Crippen molar-refractivity contribution in [2.24, 2.45) is 0 Å². The third-order valence-corrected chi connectivity index (χ3v) is 6.25. The molecule has 8 heteroatoms. The first-order chi connectivity index (χ1) is 17.5. The van der Waals surface area contributed by atoms with Crippen molar-refractivity contribution in [1.82, 2.24) is 0 Å². The monoisotopic (exact) mass is 486 g/mol. The Hall–Kier alpha value is -4.59. The van der Waals surface area contributed by atoms with Crippen molar-refractivity contribution in [3.05, 3.63) is 96.5 Å². The molecule has 182 valence electrons. The fourth-order valence-corrected chi connectivity index (χ4v) is 4.36. The first kappa shape index (κ1) is 23.2. The van der Waals surface area contributed by atoms with Gasteiger partial charge in [-0.1, -0.05) is 12.1 Å². The molecule has 0 saturated carbocycles. The van der Waals surface area contributed by atoms with E-state index in [0.29, 0.717) is 22.9 Å². The van der Waals surface area contributed by atoms with Crippen LogP contribution in [0.4, 0.5) is 15.8 Å². The smallest absolute Gasteiger partial charge is 0.259 e. The molecular formula is C28H23FN2O5. The van der Waals surface area contributed by atoms with Gasteiger partial charge in [0.1, 0.15) is 28.8 Å². The summed E-state index contributed by atoms with van der Waals surface area (Å²) in [6.45, 7) is 0. The van der Waals surface area contributed by atoms with Gasteiger partial charge in [-0.15, -0.1) is 0 Å². The molecule has 1 saturated heterocycles. The minimum atomic E-state index is -1.48. The van der Waals surface area contributed by atoms with Crippen LogP contribution in [0.25, 0.3) is 11.3 Å². The summed E-state index contributed by atoms with van der Waals surface area (Å²) in [6.07, 6.45) is -0.120. The molecule has 1 N–H and O–H groups in total. The molecule has 1 unspecified atom stereocenters. The molecule has 1 atom stereocenters. The third-order valence-electron chi connectivity index (χ3n) is 6.25. The second kappa shape index (κ2) is 9.22. The van der Waals surface area contributed by atoms with Gasteiger partial charge in [-0.3, -0.25) is 14.5 Å². The molecule has 1 aliphatic rings. The maximum atomic E-state index is 14.4. The molecule has 4 aromatic rings. The lowest BCUT2D eigenvalue weighted by atomic mass is 9.79. The van der Waals surface area contributed by atoms with E-state index in [1.165, 1.54) is 11.0 Å². The van der Waals surface area contributed by atoms with Crippen molar-refractivity contribution < 1.29 is 27.9 Å². The second-order valence-corrected chi connectivity index (χ2v) is 8.29. The lowest BCUT2D eigenvalue weighted by molar-refractivity contribution is -0.138. The van der Waals surface area contributed by atoms with Crippen LogP contribution >= 0.6 is 0 Å². The first-order valence-electron chi connectivity index (χ1n) is 11.2. The van der Waals surface area contributed by atoms with Crippen LogP contribution in [0.1, 0.15) is 12.2 Å². The number of amides is 2. The first-order valence-corrected chi connectivity index (χ1v) is 11.2. The highest BCUT2D eigenvalue weighted by molar-refractivity contribution is 6.16. The van der Waals surface area contributed by atoms with Gasteiger partial charge in [0, 0.05) is 11.4 Å². The van der Waals surface area contributed by atoms with E-state index in [1.807, 2.05) is 0 Å². The number of nitrogens with zero attached hydrogens (tertiary/aromatic N) is 1. The Morgan fingerprint density at radius 3 is 2.17 bits per heavy atom. The van der Waals surface area contributed by atoms with Crippen molar-refractivity contribution >= 4 is 23.2 Å². The van der Waals surface area contributed by atoms with Gasteiger partial charge in [0.2, 0.25) is 5.91 Å². The Balaban J connectivity index is 1.57. The molecule has 0 radical (unpaired) electrons. The van der Waals surface area contributed by atoms with Crippen molar-refractivity contribution in [3.8, 4) is 22.8 Å². The summed E-state index contributed by atoms with van der Waals surface area (Å²) in [5.41, 5.74) is -0.193. The number of carbonyl (C=O) groups excluding carboxylic acids is 2. The Bertz CT molecular complexity index is 1410. The van der Waals surface area contributed by atoms with E-state index < -0.39 is 17.3 Å². The molecule has 0 spiro atoms. The zero-order valence-corrected chi connectivity index (χ0v) is 19.7. The van der Waals surface area contributed by atoms with Crippen LogP contribution in [0.5, 0.6) is 11.5 Å². The molecule has 7 nitrogen and oxygen atoms in total. The zero-order chi connectivity index (χ0) is 25.3. The van der Waals surface area contributed by atoms with Gasteiger partial charge in [-0.25, -0.2) is 4.39 Å². The maximum absolute atomic E-state index is 14.4. The number of methoxy groups -OCH3 is 2. The molecule has 1 aromatic heterocycles. The highest BCUT2D eigenvalue weighted by atomic mass is 19.1.